The SMILES string of the molecule is O=C(c1nn(-c2ccccc2)c2c1CCCCC2)N1CCC(n2cncn2)CC1. The molecule has 1 aromatic carbocycles. The number of rotatable bonds is 3. The largest absolute Gasteiger partial charge is 0.337 e. The molecule has 3 heterocycles. The zero-order valence-corrected chi connectivity index (χ0v) is 16.6. The summed E-state index contributed by atoms with van der Waals surface area (Å²) in [6.45, 7) is 1.46. The molecule has 7 heteroatoms. The predicted octanol–water partition coefficient (Wildman–Crippen LogP) is 3.21. The molecule has 7 nitrogen and oxygen atoms in total. The standard InChI is InChI=1S/C22H26N6O/c29-22(26-13-11-17(12-14-26)27-16-23-15-24-27)21-19-9-5-2-6-10-20(19)28(25-21)18-7-3-1-4-8-18/h1,3-4,7-8,15-17H,2,5-6,9-14H2. The predicted molar refractivity (Wildman–Crippen MR) is 109 cm³/mol. The van der Waals surface area contributed by atoms with Gasteiger partial charge in [0.05, 0.1) is 11.7 Å². The van der Waals surface area contributed by atoms with Gasteiger partial charge in [-0.3, -0.25) is 4.79 Å². The lowest BCUT2D eigenvalue weighted by atomic mass is 10.0. The number of hydrogen-bond acceptors (Lipinski definition) is 4. The number of amides is 1. The van der Waals surface area contributed by atoms with Crippen LogP contribution in [-0.2, 0) is 12.8 Å². The van der Waals surface area contributed by atoms with Crippen LogP contribution in [0.4, 0.5) is 0 Å². The number of fused-ring (bicyclic) bond motifs is 1. The van der Waals surface area contributed by atoms with E-state index in [1.807, 2.05) is 32.5 Å². The minimum Gasteiger partial charge on any atom is -0.337 e. The first-order valence-electron chi connectivity index (χ1n) is 10.6. The minimum atomic E-state index is 0.0786. The van der Waals surface area contributed by atoms with Crippen LogP contribution in [0.3, 0.4) is 0 Å². The van der Waals surface area contributed by atoms with Crippen molar-refractivity contribution in [1.29, 1.82) is 0 Å². The number of carbonyl (C=O) groups excluding carboxylic acids is 1. The molecular formula is C22H26N6O. The van der Waals surface area contributed by atoms with Crippen molar-refractivity contribution in [3.63, 3.8) is 0 Å². The van der Waals surface area contributed by atoms with Gasteiger partial charge in [-0.2, -0.15) is 10.2 Å². The van der Waals surface area contributed by atoms with Gasteiger partial charge in [-0.25, -0.2) is 14.3 Å². The number of para-hydroxylation sites is 1. The molecule has 1 aliphatic heterocycles. The molecule has 1 fully saturated rings. The molecule has 0 spiro atoms. The number of hydrogen-bond donors (Lipinski definition) is 0. The van der Waals surface area contributed by atoms with Gasteiger partial charge in [-0.1, -0.05) is 24.6 Å². The highest BCUT2D eigenvalue weighted by atomic mass is 16.2. The van der Waals surface area contributed by atoms with Crippen LogP contribution < -0.4 is 0 Å². The van der Waals surface area contributed by atoms with Gasteiger partial charge in [0.25, 0.3) is 5.91 Å². The Bertz CT molecular complexity index is 970. The van der Waals surface area contributed by atoms with E-state index in [1.165, 1.54) is 12.1 Å². The van der Waals surface area contributed by atoms with Crippen molar-refractivity contribution >= 4 is 5.91 Å². The zero-order chi connectivity index (χ0) is 19.6. The Hall–Kier alpha value is -2.96. The summed E-state index contributed by atoms with van der Waals surface area (Å²) in [5, 5.41) is 9.11. The number of piperidine rings is 1. The van der Waals surface area contributed by atoms with Crippen LogP contribution in [0.25, 0.3) is 5.69 Å². The van der Waals surface area contributed by atoms with E-state index in [0.717, 1.165) is 62.9 Å². The maximum atomic E-state index is 13.4. The zero-order valence-electron chi connectivity index (χ0n) is 16.6. The molecule has 0 radical (unpaired) electrons. The van der Waals surface area contributed by atoms with Crippen molar-refractivity contribution in [3.8, 4) is 5.69 Å². The van der Waals surface area contributed by atoms with Crippen LogP contribution in [0.1, 0.15) is 59.9 Å². The third kappa shape index (κ3) is 3.45. The molecule has 0 atom stereocenters. The van der Waals surface area contributed by atoms with Crippen molar-refractivity contribution in [2.75, 3.05) is 13.1 Å². The minimum absolute atomic E-state index is 0.0786. The van der Waals surface area contributed by atoms with Gasteiger partial charge in [0.1, 0.15) is 12.7 Å². The molecule has 1 saturated heterocycles. The maximum absolute atomic E-state index is 13.4. The fourth-order valence-electron chi connectivity index (χ4n) is 4.62. The third-order valence-electron chi connectivity index (χ3n) is 6.20. The van der Waals surface area contributed by atoms with E-state index in [0.29, 0.717) is 11.7 Å². The molecule has 29 heavy (non-hydrogen) atoms. The van der Waals surface area contributed by atoms with Crippen molar-refractivity contribution in [3.05, 3.63) is 59.9 Å². The van der Waals surface area contributed by atoms with Gasteiger partial charge in [-0.15, -0.1) is 0 Å². The van der Waals surface area contributed by atoms with E-state index in [2.05, 4.69) is 22.2 Å². The van der Waals surface area contributed by atoms with Crippen LogP contribution in [0.2, 0.25) is 0 Å². The van der Waals surface area contributed by atoms with Crippen molar-refractivity contribution in [1.82, 2.24) is 29.4 Å². The summed E-state index contributed by atoms with van der Waals surface area (Å²) in [5.74, 6) is 0.0786. The van der Waals surface area contributed by atoms with Gasteiger partial charge in [0.15, 0.2) is 5.69 Å². The Morgan fingerprint density at radius 2 is 1.79 bits per heavy atom. The first-order chi connectivity index (χ1) is 14.3. The van der Waals surface area contributed by atoms with Gasteiger partial charge >= 0.3 is 0 Å². The van der Waals surface area contributed by atoms with Crippen molar-refractivity contribution < 1.29 is 4.79 Å². The van der Waals surface area contributed by atoms with Gasteiger partial charge in [0.2, 0.25) is 0 Å². The molecule has 1 aliphatic carbocycles. The molecule has 1 amide bonds. The fourth-order valence-corrected chi connectivity index (χ4v) is 4.62. The number of nitrogens with zero attached hydrogens (tertiary/aromatic N) is 6. The summed E-state index contributed by atoms with van der Waals surface area (Å²) in [6, 6.07) is 10.5. The second-order valence-corrected chi connectivity index (χ2v) is 7.98. The molecule has 3 aromatic rings. The lowest BCUT2D eigenvalue weighted by Crippen LogP contribution is -2.39. The van der Waals surface area contributed by atoms with Gasteiger partial charge in [0, 0.05) is 24.3 Å². The van der Waals surface area contributed by atoms with E-state index in [4.69, 9.17) is 5.10 Å². The van der Waals surface area contributed by atoms with E-state index in [1.54, 1.807) is 12.7 Å². The van der Waals surface area contributed by atoms with Crippen molar-refractivity contribution in [2.45, 2.75) is 51.0 Å². The lowest BCUT2D eigenvalue weighted by Gasteiger charge is -2.31. The van der Waals surface area contributed by atoms with E-state index in [9.17, 15) is 4.79 Å². The molecule has 5 rings (SSSR count). The highest BCUT2D eigenvalue weighted by molar-refractivity contribution is 5.94. The molecule has 0 saturated carbocycles. The molecular weight excluding hydrogens is 364 g/mol. The summed E-state index contributed by atoms with van der Waals surface area (Å²) in [5.41, 5.74) is 4.07. The summed E-state index contributed by atoms with van der Waals surface area (Å²) in [7, 11) is 0. The molecule has 0 N–H and O–H groups in total. The Balaban J connectivity index is 1.42. The van der Waals surface area contributed by atoms with Crippen LogP contribution >= 0.6 is 0 Å². The van der Waals surface area contributed by atoms with Gasteiger partial charge in [-0.05, 0) is 50.7 Å². The number of aromatic nitrogens is 5. The van der Waals surface area contributed by atoms with E-state index >= 15 is 0 Å². The van der Waals surface area contributed by atoms with Gasteiger partial charge < -0.3 is 4.90 Å². The first-order valence-corrected chi connectivity index (χ1v) is 10.6. The normalized spacial score (nSPS) is 17.7. The van der Waals surface area contributed by atoms with E-state index in [-0.39, 0.29) is 5.91 Å². The average molecular weight is 390 g/mol. The van der Waals surface area contributed by atoms with E-state index < -0.39 is 0 Å². The number of benzene rings is 1. The third-order valence-corrected chi connectivity index (χ3v) is 6.20. The lowest BCUT2D eigenvalue weighted by molar-refractivity contribution is 0.0682. The topological polar surface area (TPSA) is 68.8 Å². The summed E-state index contributed by atoms with van der Waals surface area (Å²) in [4.78, 5) is 19.5. The van der Waals surface area contributed by atoms with Crippen molar-refractivity contribution in [2.24, 2.45) is 0 Å². The van der Waals surface area contributed by atoms with Crippen LogP contribution in [-0.4, -0.2) is 48.4 Å². The number of carbonyl (C=O) groups is 1. The Morgan fingerprint density at radius 1 is 1.00 bits per heavy atom. The Kier molecular flexibility index (Phi) is 4.87. The summed E-state index contributed by atoms with van der Waals surface area (Å²) < 4.78 is 3.92. The second kappa shape index (κ2) is 7.81. The Morgan fingerprint density at radius 3 is 2.55 bits per heavy atom. The van der Waals surface area contributed by atoms with Crippen LogP contribution in [0.5, 0.6) is 0 Å². The van der Waals surface area contributed by atoms with Crippen LogP contribution in [0, 0.1) is 0 Å². The highest BCUT2D eigenvalue weighted by Crippen LogP contribution is 2.29. The summed E-state index contributed by atoms with van der Waals surface area (Å²) >= 11 is 0. The Labute approximate surface area is 170 Å². The first kappa shape index (κ1) is 18.1. The smallest absolute Gasteiger partial charge is 0.274 e. The fraction of sp³-hybridized carbons (Fsp3) is 0.455. The average Bonchev–Trinajstić information content (AvgIpc) is 3.37. The molecule has 150 valence electrons. The molecule has 2 aromatic heterocycles. The monoisotopic (exact) mass is 390 g/mol. The number of likely N-dealkylation sites (tertiary alicyclic amines) is 1. The molecule has 0 unspecified atom stereocenters. The second-order valence-electron chi connectivity index (χ2n) is 7.98. The maximum Gasteiger partial charge on any atom is 0.274 e. The summed E-state index contributed by atoms with van der Waals surface area (Å²) in [6.07, 6.45) is 10.6. The molecule has 2 aliphatic rings. The quantitative estimate of drug-likeness (QED) is 0.644. The highest BCUT2D eigenvalue weighted by Gasteiger charge is 2.30. The molecule has 0 bridgehead atoms. The van der Waals surface area contributed by atoms with Crippen LogP contribution in [0.15, 0.2) is 43.0 Å².